The van der Waals surface area contributed by atoms with E-state index in [0.717, 1.165) is 11.3 Å². The third-order valence-electron chi connectivity index (χ3n) is 2.80. The van der Waals surface area contributed by atoms with E-state index in [2.05, 4.69) is 0 Å². The average molecular weight is 250 g/mol. The number of rotatable bonds is 6. The highest BCUT2D eigenvalue weighted by molar-refractivity contribution is 5.79. The molecule has 0 saturated heterocycles. The first kappa shape index (κ1) is 14.5. The highest BCUT2D eigenvalue weighted by atomic mass is 16.5. The van der Waals surface area contributed by atoms with Crippen molar-refractivity contribution in [3.05, 3.63) is 29.8 Å². The first-order valence-corrected chi connectivity index (χ1v) is 6.21. The van der Waals surface area contributed by atoms with Gasteiger partial charge in [-0.25, -0.2) is 0 Å². The van der Waals surface area contributed by atoms with Gasteiger partial charge in [0, 0.05) is 19.1 Å². The Kier molecular flexibility index (Phi) is 5.65. The van der Waals surface area contributed by atoms with Crippen LogP contribution < -0.4 is 10.5 Å². The lowest BCUT2D eigenvalue weighted by atomic mass is 10.1. The van der Waals surface area contributed by atoms with Gasteiger partial charge in [-0.1, -0.05) is 12.1 Å². The van der Waals surface area contributed by atoms with Crippen LogP contribution in [0.1, 0.15) is 19.4 Å². The maximum Gasteiger partial charge on any atom is 0.227 e. The molecule has 0 saturated carbocycles. The fourth-order valence-electron chi connectivity index (χ4n) is 1.87. The summed E-state index contributed by atoms with van der Waals surface area (Å²) >= 11 is 0. The van der Waals surface area contributed by atoms with Crippen molar-refractivity contribution >= 4 is 5.91 Å². The normalized spacial score (nSPS) is 10.5. The summed E-state index contributed by atoms with van der Waals surface area (Å²) in [6, 6.07) is 7.75. The van der Waals surface area contributed by atoms with Crippen molar-refractivity contribution in [1.29, 1.82) is 0 Å². The van der Waals surface area contributed by atoms with Gasteiger partial charge in [0.1, 0.15) is 5.75 Å². The maximum atomic E-state index is 12.2. The zero-order valence-electron chi connectivity index (χ0n) is 11.3. The van der Waals surface area contributed by atoms with Gasteiger partial charge in [0.05, 0.1) is 13.5 Å². The SMILES string of the molecule is COc1cccc(CC(=O)N(CCN)C(C)C)c1. The van der Waals surface area contributed by atoms with Gasteiger partial charge in [0.25, 0.3) is 0 Å². The smallest absolute Gasteiger partial charge is 0.227 e. The Morgan fingerprint density at radius 3 is 2.72 bits per heavy atom. The van der Waals surface area contributed by atoms with Crippen molar-refractivity contribution < 1.29 is 9.53 Å². The molecule has 0 spiro atoms. The van der Waals surface area contributed by atoms with Crippen molar-refractivity contribution in [3.8, 4) is 5.75 Å². The predicted octanol–water partition coefficient (Wildman–Crippen LogP) is 1.43. The Hall–Kier alpha value is -1.55. The van der Waals surface area contributed by atoms with E-state index >= 15 is 0 Å². The molecule has 0 aromatic heterocycles. The summed E-state index contributed by atoms with van der Waals surface area (Å²) in [4.78, 5) is 14.0. The summed E-state index contributed by atoms with van der Waals surface area (Å²) in [7, 11) is 1.62. The molecule has 4 nitrogen and oxygen atoms in total. The molecule has 0 bridgehead atoms. The number of carbonyl (C=O) groups is 1. The molecule has 0 heterocycles. The van der Waals surface area contributed by atoms with E-state index in [1.165, 1.54) is 0 Å². The predicted molar refractivity (Wildman–Crippen MR) is 72.6 cm³/mol. The second-order valence-electron chi connectivity index (χ2n) is 4.50. The van der Waals surface area contributed by atoms with E-state index in [9.17, 15) is 4.79 Å². The minimum absolute atomic E-state index is 0.101. The number of carbonyl (C=O) groups excluding carboxylic acids is 1. The Balaban J connectivity index is 2.72. The summed E-state index contributed by atoms with van der Waals surface area (Å²) in [5.41, 5.74) is 6.49. The van der Waals surface area contributed by atoms with Gasteiger partial charge in [-0.2, -0.15) is 0 Å². The van der Waals surface area contributed by atoms with E-state index < -0.39 is 0 Å². The zero-order valence-corrected chi connectivity index (χ0v) is 11.3. The van der Waals surface area contributed by atoms with Crippen LogP contribution in [0.15, 0.2) is 24.3 Å². The molecule has 0 aliphatic carbocycles. The first-order valence-electron chi connectivity index (χ1n) is 6.21. The van der Waals surface area contributed by atoms with Gasteiger partial charge in [-0.05, 0) is 31.5 Å². The Bertz CT molecular complexity index is 391. The molecular formula is C14H22N2O2. The summed E-state index contributed by atoms with van der Waals surface area (Å²) in [5, 5.41) is 0. The summed E-state index contributed by atoms with van der Waals surface area (Å²) < 4.78 is 5.15. The topological polar surface area (TPSA) is 55.6 Å². The number of benzene rings is 1. The van der Waals surface area contributed by atoms with Gasteiger partial charge in [-0.15, -0.1) is 0 Å². The average Bonchev–Trinajstić information content (AvgIpc) is 2.35. The largest absolute Gasteiger partial charge is 0.497 e. The summed E-state index contributed by atoms with van der Waals surface area (Å²) in [5.74, 6) is 0.874. The van der Waals surface area contributed by atoms with Crippen molar-refractivity contribution in [1.82, 2.24) is 4.90 Å². The first-order chi connectivity index (χ1) is 8.58. The Morgan fingerprint density at radius 2 is 2.17 bits per heavy atom. The van der Waals surface area contributed by atoms with Crippen LogP contribution in [0.25, 0.3) is 0 Å². The lowest BCUT2D eigenvalue weighted by molar-refractivity contribution is -0.132. The van der Waals surface area contributed by atoms with E-state index in [0.29, 0.717) is 19.5 Å². The number of hydrogen-bond acceptors (Lipinski definition) is 3. The van der Waals surface area contributed by atoms with Crippen molar-refractivity contribution in [2.45, 2.75) is 26.3 Å². The number of ether oxygens (including phenoxy) is 1. The zero-order chi connectivity index (χ0) is 13.5. The van der Waals surface area contributed by atoms with Gasteiger partial charge < -0.3 is 15.4 Å². The molecule has 1 aromatic carbocycles. The van der Waals surface area contributed by atoms with E-state index in [4.69, 9.17) is 10.5 Å². The number of hydrogen-bond donors (Lipinski definition) is 1. The van der Waals surface area contributed by atoms with Crippen LogP contribution in [0.5, 0.6) is 5.75 Å². The molecule has 1 rings (SSSR count). The standard InChI is InChI=1S/C14H22N2O2/c1-11(2)16(8-7-15)14(17)10-12-5-4-6-13(9-12)18-3/h4-6,9,11H,7-8,10,15H2,1-3H3. The fraction of sp³-hybridized carbons (Fsp3) is 0.500. The fourth-order valence-corrected chi connectivity index (χ4v) is 1.87. The molecule has 0 unspecified atom stereocenters. The molecule has 1 aromatic rings. The van der Waals surface area contributed by atoms with Crippen LogP contribution in [0, 0.1) is 0 Å². The number of amides is 1. The minimum atomic E-state index is 0.101. The van der Waals surface area contributed by atoms with Crippen LogP contribution >= 0.6 is 0 Å². The molecule has 1 amide bonds. The van der Waals surface area contributed by atoms with Crippen LogP contribution in [-0.4, -0.2) is 37.0 Å². The molecule has 0 fully saturated rings. The lowest BCUT2D eigenvalue weighted by Gasteiger charge is -2.26. The second-order valence-corrected chi connectivity index (χ2v) is 4.50. The number of methoxy groups -OCH3 is 1. The van der Waals surface area contributed by atoms with Crippen molar-refractivity contribution in [2.75, 3.05) is 20.2 Å². The molecule has 0 aliphatic rings. The quantitative estimate of drug-likeness (QED) is 0.831. The monoisotopic (exact) mass is 250 g/mol. The molecule has 100 valence electrons. The van der Waals surface area contributed by atoms with Gasteiger partial charge in [-0.3, -0.25) is 4.79 Å². The molecule has 0 atom stereocenters. The lowest BCUT2D eigenvalue weighted by Crippen LogP contribution is -2.41. The van der Waals surface area contributed by atoms with Crippen molar-refractivity contribution in [2.24, 2.45) is 5.73 Å². The molecule has 4 heteroatoms. The molecular weight excluding hydrogens is 228 g/mol. The molecule has 18 heavy (non-hydrogen) atoms. The van der Waals surface area contributed by atoms with E-state index in [1.54, 1.807) is 12.0 Å². The summed E-state index contributed by atoms with van der Waals surface area (Å²) in [6.45, 7) is 5.08. The van der Waals surface area contributed by atoms with Gasteiger partial charge >= 0.3 is 0 Å². The van der Waals surface area contributed by atoms with E-state index in [-0.39, 0.29) is 11.9 Å². The third-order valence-corrected chi connectivity index (χ3v) is 2.80. The van der Waals surface area contributed by atoms with Gasteiger partial charge in [0.15, 0.2) is 0 Å². The number of nitrogens with zero attached hydrogens (tertiary/aromatic N) is 1. The molecule has 2 N–H and O–H groups in total. The maximum absolute atomic E-state index is 12.2. The molecule has 0 aliphatic heterocycles. The number of nitrogens with two attached hydrogens (primary N) is 1. The van der Waals surface area contributed by atoms with Crippen molar-refractivity contribution in [3.63, 3.8) is 0 Å². The van der Waals surface area contributed by atoms with Crippen LogP contribution in [0.3, 0.4) is 0 Å². The van der Waals surface area contributed by atoms with Gasteiger partial charge in [0.2, 0.25) is 5.91 Å². The highest BCUT2D eigenvalue weighted by Gasteiger charge is 2.16. The Morgan fingerprint density at radius 1 is 1.44 bits per heavy atom. The third kappa shape index (κ3) is 4.04. The minimum Gasteiger partial charge on any atom is -0.497 e. The van der Waals surface area contributed by atoms with Crippen LogP contribution in [0.2, 0.25) is 0 Å². The van der Waals surface area contributed by atoms with Crippen LogP contribution in [0.4, 0.5) is 0 Å². The van der Waals surface area contributed by atoms with E-state index in [1.807, 2.05) is 38.1 Å². The highest BCUT2D eigenvalue weighted by Crippen LogP contribution is 2.14. The summed E-state index contributed by atoms with van der Waals surface area (Å²) in [6.07, 6.45) is 0.384. The Labute approximate surface area is 109 Å². The van der Waals surface area contributed by atoms with Crippen LogP contribution in [-0.2, 0) is 11.2 Å². The molecule has 0 radical (unpaired) electrons. The second kappa shape index (κ2) is 7.01.